The summed E-state index contributed by atoms with van der Waals surface area (Å²) in [6.07, 6.45) is -0.711. The molecule has 1 fully saturated rings. The lowest BCUT2D eigenvalue weighted by molar-refractivity contribution is 0.00744. The van der Waals surface area contributed by atoms with Crippen LogP contribution in [-0.4, -0.2) is 54.8 Å². The van der Waals surface area contributed by atoms with Crippen molar-refractivity contribution in [3.05, 3.63) is 60.7 Å². The third-order valence-corrected chi connectivity index (χ3v) is 11.3. The third-order valence-electron chi connectivity index (χ3n) is 6.25. The Morgan fingerprint density at radius 1 is 0.970 bits per heavy atom. The van der Waals surface area contributed by atoms with Crippen molar-refractivity contribution < 1.29 is 19.1 Å². The molecule has 1 aliphatic rings. The molecule has 2 aromatic carbocycles. The molecule has 1 heterocycles. The van der Waals surface area contributed by atoms with E-state index in [0.717, 1.165) is 0 Å². The van der Waals surface area contributed by atoms with E-state index in [0.29, 0.717) is 13.0 Å². The molecule has 6 heteroatoms. The van der Waals surface area contributed by atoms with Crippen LogP contribution in [0.1, 0.15) is 54.9 Å². The largest absolute Gasteiger partial charge is 0.444 e. The summed E-state index contributed by atoms with van der Waals surface area (Å²) in [7, 11) is -2.75. The van der Waals surface area contributed by atoms with E-state index in [2.05, 4.69) is 69.3 Å². The van der Waals surface area contributed by atoms with Gasteiger partial charge in [0.1, 0.15) is 5.60 Å². The van der Waals surface area contributed by atoms with Crippen LogP contribution in [0.25, 0.3) is 0 Å². The molecule has 0 spiro atoms. The van der Waals surface area contributed by atoms with Crippen LogP contribution >= 0.6 is 0 Å². The molecule has 1 N–H and O–H groups in total. The van der Waals surface area contributed by atoms with Crippen LogP contribution in [0.4, 0.5) is 4.79 Å². The first kappa shape index (κ1) is 25.5. The quantitative estimate of drug-likeness (QED) is 0.663. The van der Waals surface area contributed by atoms with Gasteiger partial charge in [-0.3, -0.25) is 4.90 Å². The van der Waals surface area contributed by atoms with Crippen molar-refractivity contribution >= 4 is 24.8 Å². The Hall–Kier alpha value is -2.15. The van der Waals surface area contributed by atoms with Crippen molar-refractivity contribution in [3.8, 4) is 0 Å². The van der Waals surface area contributed by atoms with Crippen LogP contribution in [0.2, 0.25) is 5.04 Å². The Kier molecular flexibility index (Phi) is 7.41. The summed E-state index contributed by atoms with van der Waals surface area (Å²) in [4.78, 5) is 14.6. The molecule has 33 heavy (non-hydrogen) atoms. The maximum Gasteiger partial charge on any atom is 0.410 e. The Morgan fingerprint density at radius 2 is 1.45 bits per heavy atom. The lowest BCUT2D eigenvalue weighted by Gasteiger charge is -2.44. The summed E-state index contributed by atoms with van der Waals surface area (Å²) in [6, 6.07) is 20.6. The maximum absolute atomic E-state index is 13.0. The number of likely N-dealkylation sites (tertiary alicyclic amines) is 1. The minimum atomic E-state index is -2.75. The monoisotopic (exact) mass is 469 g/mol. The van der Waals surface area contributed by atoms with Gasteiger partial charge in [0.15, 0.2) is 0 Å². The first-order valence-corrected chi connectivity index (χ1v) is 13.7. The average Bonchev–Trinajstić information content (AvgIpc) is 3.16. The SMILES string of the molecule is C[C@H](O)[C@H]1C[C@@H](O[Si](c2ccccc2)(c2ccccc2)C(C)(C)C)CN1C(=O)OC(C)(C)C. The average molecular weight is 470 g/mol. The molecule has 2 aromatic rings. The van der Waals surface area contributed by atoms with Crippen molar-refractivity contribution in [2.45, 2.75) is 83.8 Å². The standard InChI is InChI=1S/C27H39NO4Si/c1-20(29)24-18-21(19-28(24)25(30)31-26(2,3)4)32-33(27(5,6)7,22-14-10-8-11-15-22)23-16-12-9-13-17-23/h8-17,20-21,24,29H,18-19H2,1-7H3/t20-,21+,24+/m0/s1. The van der Waals surface area contributed by atoms with Gasteiger partial charge in [-0.15, -0.1) is 0 Å². The molecule has 0 aromatic heterocycles. The second kappa shape index (κ2) is 9.61. The van der Waals surface area contributed by atoms with Gasteiger partial charge in [0.05, 0.1) is 18.2 Å². The molecule has 0 bridgehead atoms. The molecule has 1 saturated heterocycles. The van der Waals surface area contributed by atoms with Crippen LogP contribution < -0.4 is 10.4 Å². The molecule has 1 aliphatic heterocycles. The minimum absolute atomic E-state index is 0.157. The molecule has 5 nitrogen and oxygen atoms in total. The number of nitrogens with zero attached hydrogens (tertiary/aromatic N) is 1. The lowest BCUT2D eigenvalue weighted by Crippen LogP contribution is -2.67. The van der Waals surface area contributed by atoms with Gasteiger partial charge in [-0.05, 0) is 49.5 Å². The Balaban J connectivity index is 2.03. The fourth-order valence-electron chi connectivity index (χ4n) is 4.84. The minimum Gasteiger partial charge on any atom is -0.444 e. The Labute approximate surface area is 199 Å². The summed E-state index contributed by atoms with van der Waals surface area (Å²) < 4.78 is 12.9. The molecule has 0 radical (unpaired) electrons. The van der Waals surface area contributed by atoms with Crippen molar-refractivity contribution in [1.29, 1.82) is 0 Å². The van der Waals surface area contributed by atoms with Crippen LogP contribution in [0.15, 0.2) is 60.7 Å². The number of amides is 1. The van der Waals surface area contributed by atoms with Crippen LogP contribution in [-0.2, 0) is 9.16 Å². The Bertz CT molecular complexity index is 879. The zero-order chi connectivity index (χ0) is 24.4. The van der Waals surface area contributed by atoms with E-state index >= 15 is 0 Å². The van der Waals surface area contributed by atoms with Crippen molar-refractivity contribution in [1.82, 2.24) is 4.90 Å². The van der Waals surface area contributed by atoms with E-state index < -0.39 is 26.1 Å². The van der Waals surface area contributed by atoms with Gasteiger partial charge < -0.3 is 14.3 Å². The summed E-state index contributed by atoms with van der Waals surface area (Å²) in [5, 5.41) is 12.7. The molecule has 180 valence electrons. The van der Waals surface area contributed by atoms with Crippen LogP contribution in [0, 0.1) is 0 Å². The van der Waals surface area contributed by atoms with Gasteiger partial charge >= 0.3 is 6.09 Å². The smallest absolute Gasteiger partial charge is 0.410 e. The Morgan fingerprint density at radius 3 is 1.85 bits per heavy atom. The number of aliphatic hydroxyl groups excluding tert-OH is 1. The first-order valence-electron chi connectivity index (χ1n) is 11.8. The van der Waals surface area contributed by atoms with E-state index in [4.69, 9.17) is 9.16 Å². The predicted molar refractivity (Wildman–Crippen MR) is 136 cm³/mol. The van der Waals surface area contributed by atoms with E-state index in [-0.39, 0.29) is 17.2 Å². The van der Waals surface area contributed by atoms with Crippen molar-refractivity contribution in [2.24, 2.45) is 0 Å². The van der Waals surface area contributed by atoms with Crippen molar-refractivity contribution in [3.63, 3.8) is 0 Å². The number of benzene rings is 2. The summed E-state index contributed by atoms with van der Waals surface area (Å²) in [5.41, 5.74) is -0.600. The molecule has 0 aliphatic carbocycles. The highest BCUT2D eigenvalue weighted by molar-refractivity contribution is 6.99. The number of aliphatic hydroxyl groups is 1. The van der Waals surface area contributed by atoms with Crippen LogP contribution in [0.5, 0.6) is 0 Å². The second-order valence-corrected chi connectivity index (χ2v) is 15.3. The fourth-order valence-corrected chi connectivity index (χ4v) is 9.53. The number of rotatable bonds is 5. The highest BCUT2D eigenvalue weighted by Gasteiger charge is 2.53. The number of carbonyl (C=O) groups excluding carboxylic acids is 1. The second-order valence-electron chi connectivity index (χ2n) is 11.1. The van der Waals surface area contributed by atoms with E-state index in [9.17, 15) is 9.90 Å². The van der Waals surface area contributed by atoms with Crippen molar-refractivity contribution in [2.75, 3.05) is 6.54 Å². The molecule has 0 unspecified atom stereocenters. The highest BCUT2D eigenvalue weighted by Crippen LogP contribution is 2.39. The number of hydrogen-bond donors (Lipinski definition) is 1. The normalized spacial score (nSPS) is 20.5. The van der Waals surface area contributed by atoms with Gasteiger partial charge in [-0.25, -0.2) is 4.79 Å². The third kappa shape index (κ3) is 5.50. The zero-order valence-corrected chi connectivity index (χ0v) is 22.0. The first-order chi connectivity index (χ1) is 15.3. The van der Waals surface area contributed by atoms with E-state index in [1.807, 2.05) is 32.9 Å². The molecule has 1 amide bonds. The molecule has 0 saturated carbocycles. The molecular weight excluding hydrogens is 430 g/mol. The fraction of sp³-hybridized carbons (Fsp3) is 0.519. The summed E-state index contributed by atoms with van der Waals surface area (Å²) in [6.45, 7) is 14.4. The van der Waals surface area contributed by atoms with Gasteiger partial charge in [0.2, 0.25) is 0 Å². The van der Waals surface area contributed by atoms with E-state index in [1.54, 1.807) is 11.8 Å². The summed E-state index contributed by atoms with van der Waals surface area (Å²) >= 11 is 0. The highest BCUT2D eigenvalue weighted by atomic mass is 28.4. The number of carbonyl (C=O) groups is 1. The topological polar surface area (TPSA) is 59.0 Å². The van der Waals surface area contributed by atoms with Gasteiger partial charge in [0, 0.05) is 6.54 Å². The summed E-state index contributed by atoms with van der Waals surface area (Å²) in [5.74, 6) is 0. The lowest BCUT2D eigenvalue weighted by atomic mass is 10.1. The zero-order valence-electron chi connectivity index (χ0n) is 21.0. The maximum atomic E-state index is 13.0. The van der Waals surface area contributed by atoms with Crippen LogP contribution in [0.3, 0.4) is 0 Å². The van der Waals surface area contributed by atoms with E-state index in [1.165, 1.54) is 10.4 Å². The molecular formula is C27H39NO4Si. The van der Waals surface area contributed by atoms with Gasteiger partial charge in [-0.1, -0.05) is 81.4 Å². The number of hydrogen-bond acceptors (Lipinski definition) is 4. The molecule has 3 atom stereocenters. The number of ether oxygens (including phenoxy) is 1. The van der Waals surface area contributed by atoms with Gasteiger partial charge in [0.25, 0.3) is 8.32 Å². The predicted octanol–water partition coefficient (Wildman–Crippen LogP) is 4.32. The molecule has 3 rings (SSSR count). The van der Waals surface area contributed by atoms with Gasteiger partial charge in [-0.2, -0.15) is 0 Å².